The van der Waals surface area contributed by atoms with Crippen LogP contribution in [0.25, 0.3) is 11.1 Å². The summed E-state index contributed by atoms with van der Waals surface area (Å²) in [5, 5.41) is 7.21. The van der Waals surface area contributed by atoms with Crippen molar-refractivity contribution in [3.05, 3.63) is 65.8 Å². The number of anilines is 1. The minimum Gasteiger partial charge on any atom is -0.283 e. The number of nitrogens with zero attached hydrogens (tertiary/aromatic N) is 1. The number of halogens is 1. The van der Waals surface area contributed by atoms with Gasteiger partial charge in [-0.15, -0.1) is 0 Å². The summed E-state index contributed by atoms with van der Waals surface area (Å²) in [6, 6.07) is 15.2. The van der Waals surface area contributed by atoms with Crippen LogP contribution in [0.15, 0.2) is 65.7 Å². The van der Waals surface area contributed by atoms with E-state index in [-0.39, 0.29) is 10.7 Å². The summed E-state index contributed by atoms with van der Waals surface area (Å²) in [6.45, 7) is 0. The Labute approximate surface area is 133 Å². The quantitative estimate of drug-likeness (QED) is 0.767. The lowest BCUT2D eigenvalue weighted by molar-refractivity contribution is 0.601. The van der Waals surface area contributed by atoms with Gasteiger partial charge in [-0.05, 0) is 29.8 Å². The molecule has 1 aromatic heterocycles. The van der Waals surface area contributed by atoms with E-state index in [1.54, 1.807) is 42.6 Å². The van der Waals surface area contributed by atoms with Crippen LogP contribution in [0.5, 0.6) is 0 Å². The van der Waals surface area contributed by atoms with Crippen molar-refractivity contribution in [2.24, 2.45) is 0 Å². The summed E-state index contributed by atoms with van der Waals surface area (Å²) in [7, 11) is -3.69. The molecule has 22 heavy (non-hydrogen) atoms. The molecule has 0 aliphatic rings. The average molecular weight is 334 g/mol. The summed E-state index contributed by atoms with van der Waals surface area (Å²) >= 11 is 5.97. The smallest absolute Gasteiger partial charge is 0.263 e. The van der Waals surface area contributed by atoms with E-state index >= 15 is 0 Å². The number of benzene rings is 2. The number of rotatable bonds is 4. The Bertz CT molecular complexity index is 892. The molecule has 0 bridgehead atoms. The summed E-state index contributed by atoms with van der Waals surface area (Å²) in [4.78, 5) is 0.176. The first-order valence-electron chi connectivity index (χ1n) is 6.44. The number of H-pyrrole nitrogens is 1. The highest BCUT2D eigenvalue weighted by Crippen LogP contribution is 2.29. The van der Waals surface area contributed by atoms with Crippen LogP contribution in [0.1, 0.15) is 0 Å². The molecular formula is C15H12ClN3O2S. The largest absolute Gasteiger partial charge is 0.283 e. The molecule has 3 aromatic rings. The van der Waals surface area contributed by atoms with Gasteiger partial charge in [-0.3, -0.25) is 9.82 Å². The Hall–Kier alpha value is -2.31. The minimum absolute atomic E-state index is 0.176. The summed E-state index contributed by atoms with van der Waals surface area (Å²) in [5.74, 6) is 0.228. The monoisotopic (exact) mass is 333 g/mol. The van der Waals surface area contributed by atoms with E-state index in [1.165, 1.54) is 12.1 Å². The van der Waals surface area contributed by atoms with Crippen molar-refractivity contribution in [1.29, 1.82) is 0 Å². The third kappa shape index (κ3) is 2.98. The number of aromatic nitrogens is 2. The van der Waals surface area contributed by atoms with Gasteiger partial charge < -0.3 is 0 Å². The highest BCUT2D eigenvalue weighted by molar-refractivity contribution is 7.92. The molecule has 0 aliphatic heterocycles. The van der Waals surface area contributed by atoms with Gasteiger partial charge in [0.15, 0.2) is 5.82 Å². The maximum Gasteiger partial charge on any atom is 0.263 e. The van der Waals surface area contributed by atoms with Gasteiger partial charge in [0.1, 0.15) is 0 Å². The first-order chi connectivity index (χ1) is 10.6. The summed E-state index contributed by atoms with van der Waals surface area (Å²) in [6.07, 6.45) is 1.62. The Balaban J connectivity index is 1.97. The number of aromatic amines is 1. The third-order valence-electron chi connectivity index (χ3n) is 3.06. The normalized spacial score (nSPS) is 11.3. The molecule has 1 heterocycles. The van der Waals surface area contributed by atoms with E-state index in [2.05, 4.69) is 14.9 Å². The standard InChI is InChI=1S/C15H12ClN3O2S/c16-12-6-4-5-11(9-12)14-10-17-18-15(14)19-22(20,21)13-7-2-1-3-8-13/h1-10H,(H2,17,18,19). The molecule has 0 saturated carbocycles. The van der Waals surface area contributed by atoms with Gasteiger partial charge in [-0.1, -0.05) is 41.9 Å². The lowest BCUT2D eigenvalue weighted by Gasteiger charge is -2.08. The van der Waals surface area contributed by atoms with Crippen molar-refractivity contribution in [3.63, 3.8) is 0 Å². The van der Waals surface area contributed by atoms with Crippen LogP contribution < -0.4 is 4.72 Å². The van der Waals surface area contributed by atoms with Crippen molar-refractivity contribution < 1.29 is 8.42 Å². The van der Waals surface area contributed by atoms with E-state index in [4.69, 9.17) is 11.6 Å². The van der Waals surface area contributed by atoms with Crippen molar-refractivity contribution in [3.8, 4) is 11.1 Å². The predicted molar refractivity (Wildman–Crippen MR) is 86.3 cm³/mol. The fraction of sp³-hybridized carbons (Fsp3) is 0. The minimum atomic E-state index is -3.69. The second kappa shape index (κ2) is 5.82. The van der Waals surface area contributed by atoms with Crippen LogP contribution >= 0.6 is 11.6 Å². The maximum atomic E-state index is 12.4. The van der Waals surface area contributed by atoms with Crippen LogP contribution in [0.4, 0.5) is 5.82 Å². The summed E-state index contributed by atoms with van der Waals surface area (Å²) in [5.41, 5.74) is 1.40. The zero-order valence-electron chi connectivity index (χ0n) is 11.3. The van der Waals surface area contributed by atoms with Crippen LogP contribution in [0, 0.1) is 0 Å². The van der Waals surface area contributed by atoms with Crippen molar-refractivity contribution in [2.75, 3.05) is 4.72 Å². The summed E-state index contributed by atoms with van der Waals surface area (Å²) < 4.78 is 27.2. The van der Waals surface area contributed by atoms with E-state index in [0.717, 1.165) is 5.56 Å². The van der Waals surface area contributed by atoms with Gasteiger partial charge in [-0.25, -0.2) is 8.42 Å². The van der Waals surface area contributed by atoms with Gasteiger partial charge in [-0.2, -0.15) is 5.10 Å². The molecule has 112 valence electrons. The number of nitrogens with one attached hydrogen (secondary N) is 2. The van der Waals surface area contributed by atoms with Gasteiger partial charge in [0.2, 0.25) is 0 Å². The Morgan fingerprint density at radius 3 is 2.55 bits per heavy atom. The third-order valence-corrected chi connectivity index (χ3v) is 4.65. The lowest BCUT2D eigenvalue weighted by atomic mass is 10.1. The molecule has 2 N–H and O–H groups in total. The van der Waals surface area contributed by atoms with Crippen LogP contribution in [-0.4, -0.2) is 18.6 Å². The lowest BCUT2D eigenvalue weighted by Crippen LogP contribution is -2.13. The molecule has 0 atom stereocenters. The fourth-order valence-corrected chi connectivity index (χ4v) is 3.26. The molecule has 0 radical (unpaired) electrons. The highest BCUT2D eigenvalue weighted by Gasteiger charge is 2.18. The molecule has 0 saturated heterocycles. The topological polar surface area (TPSA) is 74.8 Å². The molecular weight excluding hydrogens is 322 g/mol. The highest BCUT2D eigenvalue weighted by atomic mass is 35.5. The zero-order valence-corrected chi connectivity index (χ0v) is 12.9. The molecule has 5 nitrogen and oxygen atoms in total. The molecule has 7 heteroatoms. The van der Waals surface area contributed by atoms with Gasteiger partial charge in [0, 0.05) is 16.8 Å². The second-order valence-corrected chi connectivity index (χ2v) is 6.70. The second-order valence-electron chi connectivity index (χ2n) is 4.58. The van der Waals surface area contributed by atoms with Crippen LogP contribution in [0.2, 0.25) is 5.02 Å². The number of hydrogen-bond donors (Lipinski definition) is 2. The molecule has 2 aromatic carbocycles. The first kappa shape index (κ1) is 14.6. The maximum absolute atomic E-state index is 12.4. The van der Waals surface area contributed by atoms with Crippen molar-refractivity contribution in [1.82, 2.24) is 10.2 Å². The Morgan fingerprint density at radius 2 is 1.82 bits per heavy atom. The van der Waals surface area contributed by atoms with Gasteiger partial charge in [0.25, 0.3) is 10.0 Å². The van der Waals surface area contributed by atoms with E-state index in [0.29, 0.717) is 10.6 Å². The molecule has 0 aliphatic carbocycles. The van der Waals surface area contributed by atoms with Crippen molar-refractivity contribution in [2.45, 2.75) is 4.90 Å². The molecule has 0 spiro atoms. The zero-order chi connectivity index (χ0) is 15.6. The SMILES string of the molecule is O=S(=O)(Nc1n[nH]cc1-c1cccc(Cl)c1)c1ccccc1. The number of hydrogen-bond acceptors (Lipinski definition) is 3. The van der Waals surface area contributed by atoms with Gasteiger partial charge in [0.05, 0.1) is 4.90 Å². The van der Waals surface area contributed by atoms with E-state index in [1.807, 2.05) is 6.07 Å². The predicted octanol–water partition coefficient (Wildman–Crippen LogP) is 3.53. The Kier molecular flexibility index (Phi) is 3.87. The average Bonchev–Trinajstić information content (AvgIpc) is 2.95. The van der Waals surface area contributed by atoms with Crippen LogP contribution in [-0.2, 0) is 10.0 Å². The molecule has 0 amide bonds. The van der Waals surface area contributed by atoms with Crippen LogP contribution in [0.3, 0.4) is 0 Å². The fourth-order valence-electron chi connectivity index (χ4n) is 2.03. The van der Waals surface area contributed by atoms with E-state index < -0.39 is 10.0 Å². The number of sulfonamides is 1. The Morgan fingerprint density at radius 1 is 1.05 bits per heavy atom. The molecule has 0 unspecified atom stereocenters. The van der Waals surface area contributed by atoms with E-state index in [9.17, 15) is 8.42 Å². The van der Waals surface area contributed by atoms with Crippen molar-refractivity contribution >= 4 is 27.4 Å². The van der Waals surface area contributed by atoms with Gasteiger partial charge >= 0.3 is 0 Å². The first-order valence-corrected chi connectivity index (χ1v) is 8.30. The molecule has 3 rings (SSSR count). The molecule has 0 fully saturated rings.